The van der Waals surface area contributed by atoms with Gasteiger partial charge in [0.1, 0.15) is 0 Å². The van der Waals surface area contributed by atoms with Gasteiger partial charge in [-0.25, -0.2) is 4.39 Å². The van der Waals surface area contributed by atoms with Gasteiger partial charge in [-0.3, -0.25) is 4.79 Å². The highest BCUT2D eigenvalue weighted by atomic mass is 31.0. The first-order valence-corrected chi connectivity index (χ1v) is 5.58. The van der Waals surface area contributed by atoms with E-state index in [2.05, 4.69) is 0 Å². The molecule has 0 saturated carbocycles. The zero-order valence-electron chi connectivity index (χ0n) is 9.03. The monoisotopic (exact) mass is 226 g/mol. The summed E-state index contributed by atoms with van der Waals surface area (Å²) in [6.45, 7) is 3.55. The van der Waals surface area contributed by atoms with E-state index in [0.29, 0.717) is 6.42 Å². The third-order valence-corrected chi connectivity index (χ3v) is 2.71. The quantitative estimate of drug-likeness (QED) is 0.721. The summed E-state index contributed by atoms with van der Waals surface area (Å²) < 4.78 is 12.9. The molecular formula is C12H16FOP. The number of ketones is 1. The number of hydrogen-bond donors (Lipinski definition) is 0. The van der Waals surface area contributed by atoms with E-state index < -0.39 is 11.3 Å². The molecule has 1 aromatic rings. The van der Waals surface area contributed by atoms with E-state index in [0.717, 1.165) is 5.56 Å². The predicted octanol–water partition coefficient (Wildman–Crippen LogP) is 3.00. The molecule has 15 heavy (non-hydrogen) atoms. The van der Waals surface area contributed by atoms with E-state index in [9.17, 15) is 9.18 Å². The van der Waals surface area contributed by atoms with E-state index >= 15 is 0 Å². The highest BCUT2D eigenvalue weighted by molar-refractivity contribution is 7.19. The first-order valence-electron chi connectivity index (χ1n) is 4.91. The topological polar surface area (TPSA) is 17.1 Å². The summed E-state index contributed by atoms with van der Waals surface area (Å²) in [5, 5.41) is 0. The highest BCUT2D eigenvalue weighted by Gasteiger charge is 2.31. The molecule has 1 rings (SSSR count). The molecule has 0 aromatic heterocycles. The van der Waals surface area contributed by atoms with E-state index in [1.54, 1.807) is 13.8 Å². The summed E-state index contributed by atoms with van der Waals surface area (Å²) in [5.41, 5.74) is 0.407. The summed E-state index contributed by atoms with van der Waals surface area (Å²) in [7, 11) is 1.91. The fraction of sp³-hybridized carbons (Fsp3) is 0.417. The van der Waals surface area contributed by atoms with Crippen LogP contribution in [0, 0.1) is 5.41 Å². The van der Waals surface area contributed by atoms with Gasteiger partial charge in [-0.2, -0.15) is 0 Å². The first-order chi connectivity index (χ1) is 6.93. The lowest BCUT2D eigenvalue weighted by Gasteiger charge is -2.23. The van der Waals surface area contributed by atoms with Crippen molar-refractivity contribution in [2.45, 2.75) is 26.2 Å². The minimum absolute atomic E-state index is 0.364. The van der Waals surface area contributed by atoms with Crippen molar-refractivity contribution < 1.29 is 9.18 Å². The number of carbonyl (C=O) groups excluding carboxylic acids is 1. The summed E-state index contributed by atoms with van der Waals surface area (Å²) in [6.07, 6.45) is 0.571. The van der Waals surface area contributed by atoms with E-state index in [-0.39, 0.29) is 5.78 Å². The second-order valence-electron chi connectivity index (χ2n) is 4.31. The molecule has 0 N–H and O–H groups in total. The molecule has 0 spiro atoms. The Hall–Kier alpha value is -0.750. The molecule has 3 heteroatoms. The Bertz CT molecular complexity index is 333. The van der Waals surface area contributed by atoms with Crippen LogP contribution in [0.1, 0.15) is 19.4 Å². The van der Waals surface area contributed by atoms with Gasteiger partial charge in [0.2, 0.25) is 0 Å². The van der Waals surface area contributed by atoms with Gasteiger partial charge >= 0.3 is 0 Å². The number of rotatable bonds is 4. The van der Waals surface area contributed by atoms with Crippen molar-refractivity contribution in [3.63, 3.8) is 0 Å². The fourth-order valence-corrected chi connectivity index (χ4v) is 2.02. The van der Waals surface area contributed by atoms with Crippen LogP contribution in [-0.2, 0) is 11.2 Å². The molecule has 0 saturated heterocycles. The average molecular weight is 226 g/mol. The minimum Gasteiger partial charge on any atom is -0.295 e. The molecule has 0 heterocycles. The van der Waals surface area contributed by atoms with Crippen molar-refractivity contribution in [1.82, 2.24) is 0 Å². The zero-order chi connectivity index (χ0) is 11.5. The number of carbonyl (C=O) groups is 1. The molecule has 0 radical (unpaired) electrons. The summed E-state index contributed by atoms with van der Waals surface area (Å²) in [4.78, 5) is 11.6. The standard InChI is InChI=1S/C12H16FOP/c1-12(2,10(14)11(13)15)8-9-6-4-3-5-7-9/h3-7,11H,8,15H2,1-2H3. The normalized spacial score (nSPS) is 13.6. The predicted molar refractivity (Wildman–Crippen MR) is 63.5 cm³/mol. The van der Waals surface area contributed by atoms with Crippen LogP contribution >= 0.6 is 9.24 Å². The van der Waals surface area contributed by atoms with Crippen molar-refractivity contribution in [2.75, 3.05) is 0 Å². The highest BCUT2D eigenvalue weighted by Crippen LogP contribution is 2.27. The van der Waals surface area contributed by atoms with Crippen LogP contribution in [-0.4, -0.2) is 11.7 Å². The number of benzene rings is 1. The summed E-state index contributed by atoms with van der Waals surface area (Å²) in [5.74, 6) is -1.83. The first kappa shape index (κ1) is 12.3. The van der Waals surface area contributed by atoms with Crippen LogP contribution < -0.4 is 0 Å². The summed E-state index contributed by atoms with van der Waals surface area (Å²) >= 11 is 0. The number of halogens is 1. The molecule has 2 unspecified atom stereocenters. The Balaban J connectivity index is 2.77. The van der Waals surface area contributed by atoms with Crippen molar-refractivity contribution in [3.8, 4) is 0 Å². The lowest BCUT2D eigenvalue weighted by atomic mass is 9.82. The molecule has 0 aliphatic carbocycles. The van der Waals surface area contributed by atoms with Gasteiger partial charge in [-0.1, -0.05) is 53.4 Å². The SMILES string of the molecule is CC(C)(Cc1ccccc1)C(=O)C(F)P. The largest absolute Gasteiger partial charge is 0.295 e. The minimum atomic E-state index is -1.47. The van der Waals surface area contributed by atoms with Crippen LogP contribution in [0.25, 0.3) is 0 Å². The Morgan fingerprint density at radius 1 is 1.40 bits per heavy atom. The lowest BCUT2D eigenvalue weighted by Crippen LogP contribution is -2.31. The molecule has 0 amide bonds. The van der Waals surface area contributed by atoms with Gasteiger partial charge in [0.15, 0.2) is 11.7 Å². The second-order valence-corrected chi connectivity index (χ2v) is 4.90. The molecule has 82 valence electrons. The fourth-order valence-electron chi connectivity index (χ4n) is 1.57. The van der Waals surface area contributed by atoms with E-state index in [4.69, 9.17) is 0 Å². The Morgan fingerprint density at radius 2 is 1.93 bits per heavy atom. The Labute approximate surface area is 92.3 Å². The molecule has 0 aliphatic heterocycles. The van der Waals surface area contributed by atoms with Crippen LogP contribution in [0.5, 0.6) is 0 Å². The number of hydrogen-bond acceptors (Lipinski definition) is 1. The second kappa shape index (κ2) is 4.85. The van der Waals surface area contributed by atoms with Crippen molar-refractivity contribution >= 4 is 15.0 Å². The average Bonchev–Trinajstić information content (AvgIpc) is 2.17. The van der Waals surface area contributed by atoms with Gasteiger partial charge in [0.25, 0.3) is 0 Å². The van der Waals surface area contributed by atoms with Gasteiger partial charge in [-0.15, -0.1) is 0 Å². The molecule has 1 nitrogen and oxygen atoms in total. The Morgan fingerprint density at radius 3 is 2.40 bits per heavy atom. The molecular weight excluding hydrogens is 210 g/mol. The molecule has 0 fully saturated rings. The summed E-state index contributed by atoms with van der Waals surface area (Å²) in [6, 6.07) is 9.66. The van der Waals surface area contributed by atoms with Crippen LogP contribution in [0.15, 0.2) is 30.3 Å². The van der Waals surface area contributed by atoms with Crippen LogP contribution in [0.4, 0.5) is 4.39 Å². The molecule has 2 atom stereocenters. The maximum atomic E-state index is 12.9. The van der Waals surface area contributed by atoms with Gasteiger partial charge in [0, 0.05) is 5.41 Å². The zero-order valence-corrected chi connectivity index (χ0v) is 10.2. The van der Waals surface area contributed by atoms with Gasteiger partial charge < -0.3 is 0 Å². The number of Topliss-reactive ketones (excluding diaryl/α,β-unsaturated/α-hetero) is 1. The maximum Gasteiger partial charge on any atom is 0.176 e. The molecule has 1 aromatic carbocycles. The van der Waals surface area contributed by atoms with Crippen LogP contribution in [0.3, 0.4) is 0 Å². The molecule has 0 bridgehead atoms. The smallest absolute Gasteiger partial charge is 0.176 e. The van der Waals surface area contributed by atoms with E-state index in [1.165, 1.54) is 0 Å². The molecule has 0 aliphatic rings. The van der Waals surface area contributed by atoms with Gasteiger partial charge in [-0.05, 0) is 12.0 Å². The third kappa shape index (κ3) is 3.39. The Kier molecular flexibility index (Phi) is 3.98. The third-order valence-electron chi connectivity index (χ3n) is 2.41. The lowest BCUT2D eigenvalue weighted by molar-refractivity contribution is -0.129. The number of alkyl halides is 1. The van der Waals surface area contributed by atoms with Crippen molar-refractivity contribution in [2.24, 2.45) is 5.41 Å². The van der Waals surface area contributed by atoms with Gasteiger partial charge in [0.05, 0.1) is 0 Å². The van der Waals surface area contributed by atoms with Crippen molar-refractivity contribution in [3.05, 3.63) is 35.9 Å². The van der Waals surface area contributed by atoms with Crippen molar-refractivity contribution in [1.29, 1.82) is 0 Å². The maximum absolute atomic E-state index is 12.9. The van der Waals surface area contributed by atoms with Crippen LogP contribution in [0.2, 0.25) is 0 Å². The van der Waals surface area contributed by atoms with E-state index in [1.807, 2.05) is 39.6 Å².